The molecule has 0 heterocycles. The second-order valence-electron chi connectivity index (χ2n) is 4.51. The van der Waals surface area contributed by atoms with Crippen molar-refractivity contribution in [3.8, 4) is 0 Å². The molecule has 0 aromatic carbocycles. The van der Waals surface area contributed by atoms with Crippen molar-refractivity contribution in [3.63, 3.8) is 0 Å². The van der Waals surface area contributed by atoms with Crippen LogP contribution in [0.2, 0.25) is 0 Å². The van der Waals surface area contributed by atoms with Crippen LogP contribution in [0.3, 0.4) is 0 Å². The van der Waals surface area contributed by atoms with Crippen LogP contribution < -0.4 is 0 Å². The van der Waals surface area contributed by atoms with Gasteiger partial charge in [0.05, 0.1) is 6.10 Å². The Labute approximate surface area is 70.8 Å². The van der Waals surface area contributed by atoms with E-state index < -0.39 is 0 Å². The van der Waals surface area contributed by atoms with Crippen LogP contribution in [0.5, 0.6) is 0 Å². The summed E-state index contributed by atoms with van der Waals surface area (Å²) in [5.41, 5.74) is 0.424. The minimum Gasteiger partial charge on any atom is -0.393 e. The van der Waals surface area contributed by atoms with Gasteiger partial charge >= 0.3 is 0 Å². The maximum absolute atomic E-state index is 9.25. The second kappa shape index (κ2) is 4.76. The highest BCUT2D eigenvalue weighted by molar-refractivity contribution is 4.62. The predicted molar refractivity (Wildman–Crippen MR) is 49.6 cm³/mol. The van der Waals surface area contributed by atoms with E-state index in [1.165, 1.54) is 6.42 Å². The zero-order chi connectivity index (χ0) is 8.91. The fourth-order valence-corrected chi connectivity index (χ4v) is 1.07. The molecule has 0 fully saturated rings. The second-order valence-corrected chi connectivity index (χ2v) is 4.51. The lowest BCUT2D eigenvalue weighted by Gasteiger charge is -2.18. The number of hydrogen-bond acceptors (Lipinski definition) is 1. The molecule has 1 nitrogen and oxygen atoms in total. The van der Waals surface area contributed by atoms with Crippen molar-refractivity contribution in [1.29, 1.82) is 0 Å². The third-order valence-corrected chi connectivity index (χ3v) is 1.94. The molecule has 1 atom stereocenters. The summed E-state index contributed by atoms with van der Waals surface area (Å²) >= 11 is 0. The van der Waals surface area contributed by atoms with Crippen molar-refractivity contribution in [2.45, 2.75) is 59.5 Å². The van der Waals surface area contributed by atoms with Gasteiger partial charge in [-0.15, -0.1) is 0 Å². The highest BCUT2D eigenvalue weighted by Gasteiger charge is 2.10. The third kappa shape index (κ3) is 7.86. The minimum atomic E-state index is -0.0719. The van der Waals surface area contributed by atoms with E-state index >= 15 is 0 Å². The highest BCUT2D eigenvalue weighted by Crippen LogP contribution is 2.22. The van der Waals surface area contributed by atoms with Gasteiger partial charge < -0.3 is 5.11 Å². The maximum Gasteiger partial charge on any atom is 0.0537 e. The van der Waals surface area contributed by atoms with Gasteiger partial charge in [0.15, 0.2) is 0 Å². The van der Waals surface area contributed by atoms with Crippen molar-refractivity contribution in [3.05, 3.63) is 0 Å². The Morgan fingerprint density at radius 3 is 2.18 bits per heavy atom. The summed E-state index contributed by atoms with van der Waals surface area (Å²) in [5.74, 6) is 0. The quantitative estimate of drug-likeness (QED) is 0.667. The molecule has 0 saturated carbocycles. The van der Waals surface area contributed by atoms with E-state index in [2.05, 4.69) is 20.8 Å². The SMILES string of the molecule is CC[C@H](O)CCCC(C)(C)C. The Kier molecular flexibility index (Phi) is 4.74. The highest BCUT2D eigenvalue weighted by atomic mass is 16.3. The molecule has 0 aromatic heterocycles. The lowest BCUT2D eigenvalue weighted by Crippen LogP contribution is -2.08. The van der Waals surface area contributed by atoms with E-state index in [1.54, 1.807) is 0 Å². The Bertz CT molecular complexity index is 91.5. The van der Waals surface area contributed by atoms with Crippen LogP contribution >= 0.6 is 0 Å². The number of rotatable bonds is 4. The van der Waals surface area contributed by atoms with Crippen LogP contribution in [-0.4, -0.2) is 11.2 Å². The van der Waals surface area contributed by atoms with Gasteiger partial charge in [0.2, 0.25) is 0 Å². The molecule has 11 heavy (non-hydrogen) atoms. The molecule has 0 aliphatic rings. The molecule has 0 unspecified atom stereocenters. The van der Waals surface area contributed by atoms with Crippen LogP contribution in [0, 0.1) is 5.41 Å². The van der Waals surface area contributed by atoms with Gasteiger partial charge in [0.1, 0.15) is 0 Å². The number of hydrogen-bond donors (Lipinski definition) is 1. The van der Waals surface area contributed by atoms with Crippen LogP contribution in [0.25, 0.3) is 0 Å². The molecule has 0 amide bonds. The maximum atomic E-state index is 9.25. The molecule has 0 saturated heterocycles. The van der Waals surface area contributed by atoms with Crippen molar-refractivity contribution < 1.29 is 5.11 Å². The Morgan fingerprint density at radius 1 is 1.27 bits per heavy atom. The minimum absolute atomic E-state index is 0.0719. The zero-order valence-electron chi connectivity index (χ0n) is 8.35. The smallest absolute Gasteiger partial charge is 0.0537 e. The molecule has 0 rings (SSSR count). The normalized spacial score (nSPS) is 15.0. The lowest BCUT2D eigenvalue weighted by molar-refractivity contribution is 0.151. The first kappa shape index (κ1) is 11.0. The molecule has 0 aromatic rings. The first-order chi connectivity index (χ1) is 4.95. The average Bonchev–Trinajstić information content (AvgIpc) is 1.85. The summed E-state index contributed by atoms with van der Waals surface area (Å²) in [6, 6.07) is 0. The van der Waals surface area contributed by atoms with Gasteiger partial charge in [-0.3, -0.25) is 0 Å². The van der Waals surface area contributed by atoms with Crippen LogP contribution in [-0.2, 0) is 0 Å². The van der Waals surface area contributed by atoms with Crippen LogP contribution in [0.4, 0.5) is 0 Å². The van der Waals surface area contributed by atoms with E-state index in [1.807, 2.05) is 6.92 Å². The molecular formula is C10H22O. The van der Waals surface area contributed by atoms with Gasteiger partial charge in [0.25, 0.3) is 0 Å². The summed E-state index contributed by atoms with van der Waals surface area (Å²) in [5, 5.41) is 9.25. The lowest BCUT2D eigenvalue weighted by atomic mass is 9.89. The van der Waals surface area contributed by atoms with E-state index in [0.717, 1.165) is 19.3 Å². The van der Waals surface area contributed by atoms with Crippen molar-refractivity contribution in [2.75, 3.05) is 0 Å². The molecule has 68 valence electrons. The predicted octanol–water partition coefficient (Wildman–Crippen LogP) is 2.97. The first-order valence-electron chi connectivity index (χ1n) is 4.64. The first-order valence-corrected chi connectivity index (χ1v) is 4.64. The number of aliphatic hydroxyl groups excluding tert-OH is 1. The molecule has 0 aliphatic heterocycles. The van der Waals surface area contributed by atoms with Crippen molar-refractivity contribution in [2.24, 2.45) is 5.41 Å². The van der Waals surface area contributed by atoms with E-state index in [4.69, 9.17) is 0 Å². The topological polar surface area (TPSA) is 20.2 Å². The van der Waals surface area contributed by atoms with Crippen LogP contribution in [0.15, 0.2) is 0 Å². The summed E-state index contributed by atoms with van der Waals surface area (Å²) in [6.45, 7) is 8.75. The molecule has 0 radical (unpaired) electrons. The average molecular weight is 158 g/mol. The standard InChI is InChI=1S/C10H22O/c1-5-9(11)7-6-8-10(2,3)4/h9,11H,5-8H2,1-4H3/t9-/m0/s1. The van der Waals surface area contributed by atoms with Gasteiger partial charge in [-0.2, -0.15) is 0 Å². The molecule has 1 heteroatoms. The van der Waals surface area contributed by atoms with Gasteiger partial charge in [-0.1, -0.05) is 34.1 Å². The van der Waals surface area contributed by atoms with E-state index in [-0.39, 0.29) is 6.10 Å². The summed E-state index contributed by atoms with van der Waals surface area (Å²) in [4.78, 5) is 0. The number of aliphatic hydroxyl groups is 1. The summed E-state index contributed by atoms with van der Waals surface area (Å²) in [7, 11) is 0. The third-order valence-electron chi connectivity index (χ3n) is 1.94. The van der Waals surface area contributed by atoms with Gasteiger partial charge in [0, 0.05) is 0 Å². The Balaban J connectivity index is 3.28. The Morgan fingerprint density at radius 2 is 1.82 bits per heavy atom. The molecule has 1 N–H and O–H groups in total. The van der Waals surface area contributed by atoms with Gasteiger partial charge in [-0.05, 0) is 24.7 Å². The van der Waals surface area contributed by atoms with Crippen molar-refractivity contribution >= 4 is 0 Å². The van der Waals surface area contributed by atoms with Crippen LogP contribution in [0.1, 0.15) is 53.4 Å². The largest absolute Gasteiger partial charge is 0.393 e. The molecular weight excluding hydrogens is 136 g/mol. The van der Waals surface area contributed by atoms with E-state index in [0.29, 0.717) is 5.41 Å². The molecule has 0 bridgehead atoms. The molecule has 0 spiro atoms. The summed E-state index contributed by atoms with van der Waals surface area (Å²) < 4.78 is 0. The Hall–Kier alpha value is -0.0400. The monoisotopic (exact) mass is 158 g/mol. The summed E-state index contributed by atoms with van der Waals surface area (Å²) in [6.07, 6.45) is 4.15. The fourth-order valence-electron chi connectivity index (χ4n) is 1.07. The zero-order valence-corrected chi connectivity index (χ0v) is 8.35. The van der Waals surface area contributed by atoms with E-state index in [9.17, 15) is 5.11 Å². The van der Waals surface area contributed by atoms with Crippen molar-refractivity contribution in [1.82, 2.24) is 0 Å². The fraction of sp³-hybridized carbons (Fsp3) is 1.00. The molecule has 0 aliphatic carbocycles. The van der Waals surface area contributed by atoms with Gasteiger partial charge in [-0.25, -0.2) is 0 Å².